The molecule has 2 nitrogen and oxygen atoms in total. The third-order valence-corrected chi connectivity index (χ3v) is 3.49. The van der Waals surface area contributed by atoms with Crippen molar-refractivity contribution in [2.24, 2.45) is 5.92 Å². The molecule has 0 aromatic heterocycles. The molecule has 0 fully saturated rings. The third-order valence-electron chi connectivity index (χ3n) is 3.25. The average molecular weight is 451 g/mol. The zero-order chi connectivity index (χ0) is 22.3. The highest BCUT2D eigenvalue weighted by Gasteiger charge is 2.89. The summed E-state index contributed by atoms with van der Waals surface area (Å²) < 4.78 is 161. The number of rotatable bonds is 9. The molecular weight excluding hydrogens is 440 g/mol. The van der Waals surface area contributed by atoms with Crippen molar-refractivity contribution in [2.75, 3.05) is 6.61 Å². The average Bonchev–Trinajstić information content (AvgIpc) is 2.44. The van der Waals surface area contributed by atoms with E-state index in [1.807, 2.05) is 0 Å². The first-order valence-corrected chi connectivity index (χ1v) is 7.12. The fraction of sp³-hybridized carbons (Fsp3) is 0.917. The Morgan fingerprint density at radius 2 is 1.19 bits per heavy atom. The van der Waals surface area contributed by atoms with Crippen molar-refractivity contribution in [3.05, 3.63) is 0 Å². The molecule has 0 N–H and O–H groups in total. The van der Waals surface area contributed by atoms with Crippen LogP contribution in [0.5, 0.6) is 0 Å². The molecule has 0 radical (unpaired) electrons. The van der Waals surface area contributed by atoms with Crippen LogP contribution in [0.15, 0.2) is 0 Å². The fourth-order valence-corrected chi connectivity index (χ4v) is 1.80. The molecule has 162 valence electrons. The molecule has 0 rings (SSSR count). The van der Waals surface area contributed by atoms with E-state index in [0.29, 0.717) is 6.92 Å². The Morgan fingerprint density at radius 1 is 0.815 bits per heavy atom. The molecule has 15 heteroatoms. The summed E-state index contributed by atoms with van der Waals surface area (Å²) in [4.78, 5) is 11.1. The molecule has 0 aromatic carbocycles. The van der Waals surface area contributed by atoms with Crippen LogP contribution in [0.1, 0.15) is 20.3 Å². The van der Waals surface area contributed by atoms with E-state index in [2.05, 4.69) is 16.3 Å². The van der Waals surface area contributed by atoms with E-state index < -0.39 is 59.9 Å². The Bertz CT molecular complexity index is 543. The lowest BCUT2D eigenvalue weighted by Gasteiger charge is -2.40. The summed E-state index contributed by atoms with van der Waals surface area (Å²) in [5.41, 5.74) is 0. The number of alkyl halides is 13. The van der Waals surface area contributed by atoms with Crippen molar-refractivity contribution < 1.29 is 62.2 Å². The largest absolute Gasteiger partial charge is 0.466 e. The molecule has 1 unspecified atom stereocenters. The molecule has 0 bridgehead atoms. The summed E-state index contributed by atoms with van der Waals surface area (Å²) in [6.45, 7) is 1.18. The molecule has 0 aliphatic heterocycles. The molecule has 0 saturated heterocycles. The normalized spacial score (nSPS) is 16.3. The minimum absolute atomic E-state index is 0.448. The molecule has 27 heavy (non-hydrogen) atoms. The van der Waals surface area contributed by atoms with E-state index in [0.717, 1.165) is 6.92 Å². The van der Waals surface area contributed by atoms with Crippen LogP contribution in [0, 0.1) is 5.92 Å². The first-order valence-electron chi connectivity index (χ1n) is 6.74. The van der Waals surface area contributed by atoms with Crippen molar-refractivity contribution in [1.82, 2.24) is 0 Å². The van der Waals surface area contributed by atoms with Gasteiger partial charge in [-0.15, -0.1) is 0 Å². The lowest BCUT2D eigenvalue weighted by molar-refractivity contribution is -0.417. The maximum Gasteiger partial charge on any atom is 0.393 e. The molecule has 0 saturated carbocycles. The van der Waals surface area contributed by atoms with E-state index in [1.54, 1.807) is 0 Å². The molecule has 0 aromatic rings. The highest BCUT2D eigenvalue weighted by atomic mass is 35.5. The third kappa shape index (κ3) is 4.19. The van der Waals surface area contributed by atoms with Gasteiger partial charge in [-0.1, -0.05) is 6.92 Å². The van der Waals surface area contributed by atoms with Gasteiger partial charge in [0.15, 0.2) is 0 Å². The minimum Gasteiger partial charge on any atom is -0.466 e. The van der Waals surface area contributed by atoms with Crippen LogP contribution in [0.25, 0.3) is 0 Å². The summed E-state index contributed by atoms with van der Waals surface area (Å²) in [6, 6.07) is 0. The van der Waals surface area contributed by atoms with Crippen LogP contribution in [-0.4, -0.2) is 47.6 Å². The first-order chi connectivity index (χ1) is 11.6. The molecule has 0 aliphatic carbocycles. The van der Waals surface area contributed by atoms with Gasteiger partial charge in [0.2, 0.25) is 0 Å². The smallest absolute Gasteiger partial charge is 0.393 e. The second-order valence-electron chi connectivity index (χ2n) is 5.36. The summed E-state index contributed by atoms with van der Waals surface area (Å²) in [5, 5.41) is -6.48. The van der Waals surface area contributed by atoms with Gasteiger partial charge in [0.1, 0.15) is 0 Å². The molecule has 0 aliphatic rings. The van der Waals surface area contributed by atoms with Crippen LogP contribution in [0.2, 0.25) is 0 Å². The molecule has 1 atom stereocenters. The first kappa shape index (κ1) is 25.9. The van der Waals surface area contributed by atoms with Gasteiger partial charge in [0, 0.05) is 6.42 Å². The van der Waals surface area contributed by atoms with Gasteiger partial charge < -0.3 is 4.74 Å². The maximum absolute atomic E-state index is 13.5. The molecule has 0 spiro atoms. The summed E-state index contributed by atoms with van der Waals surface area (Å²) in [5.74, 6) is -40.1. The van der Waals surface area contributed by atoms with E-state index in [1.165, 1.54) is 0 Å². The van der Waals surface area contributed by atoms with Crippen LogP contribution < -0.4 is 0 Å². The predicted molar refractivity (Wildman–Crippen MR) is 65.9 cm³/mol. The van der Waals surface area contributed by atoms with Gasteiger partial charge in [-0.05, 0) is 18.5 Å². The molecule has 0 amide bonds. The van der Waals surface area contributed by atoms with Crippen molar-refractivity contribution in [2.45, 2.75) is 55.3 Å². The second-order valence-corrected chi connectivity index (χ2v) is 5.83. The van der Waals surface area contributed by atoms with Crippen LogP contribution in [0.4, 0.5) is 52.7 Å². The Kier molecular flexibility index (Phi) is 7.10. The predicted octanol–water partition coefficient (Wildman–Crippen LogP) is 5.58. The molecular formula is C12H11ClF12O2. The number of halogens is 13. The highest BCUT2D eigenvalue weighted by Crippen LogP contribution is 2.61. The number of hydrogen-bond donors (Lipinski definition) is 0. The Hall–Kier alpha value is -1.08. The lowest BCUT2D eigenvalue weighted by atomic mass is 9.90. The number of carbonyl (C=O) groups is 1. The fourth-order valence-electron chi connectivity index (χ4n) is 1.68. The van der Waals surface area contributed by atoms with E-state index in [-0.39, 0.29) is 0 Å². The van der Waals surface area contributed by atoms with Crippen molar-refractivity contribution in [3.63, 3.8) is 0 Å². The SMILES string of the molecule is CCOC(=O)C(C)CC(F)(F)C(F)(F)C(F)(F)C(F)(F)C(F)(F)C(F)(F)Cl. The van der Waals surface area contributed by atoms with Crippen LogP contribution >= 0.6 is 11.6 Å². The van der Waals surface area contributed by atoms with E-state index >= 15 is 0 Å². The number of esters is 1. The highest BCUT2D eigenvalue weighted by molar-refractivity contribution is 6.22. The van der Waals surface area contributed by atoms with Gasteiger partial charge >= 0.3 is 41.0 Å². The van der Waals surface area contributed by atoms with E-state index in [4.69, 9.17) is 0 Å². The standard InChI is InChI=1S/C12H11ClF12O2/c1-3-27-6(26)5(2)4-7(14,15)8(16,17)9(18,19)10(20,21)11(22,23)12(13,24)25/h5H,3-4H2,1-2H3. The van der Waals surface area contributed by atoms with Gasteiger partial charge in [0.05, 0.1) is 12.5 Å². The summed E-state index contributed by atoms with van der Waals surface area (Å²) >= 11 is 3.55. The monoisotopic (exact) mass is 450 g/mol. The van der Waals surface area contributed by atoms with Crippen molar-refractivity contribution >= 4 is 17.6 Å². The zero-order valence-electron chi connectivity index (χ0n) is 13.2. The minimum atomic E-state index is -7.70. The van der Waals surface area contributed by atoms with Gasteiger partial charge in [0.25, 0.3) is 0 Å². The van der Waals surface area contributed by atoms with Crippen molar-refractivity contribution in [3.8, 4) is 0 Å². The van der Waals surface area contributed by atoms with Crippen LogP contribution in [-0.2, 0) is 9.53 Å². The number of ether oxygens (including phenoxy) is 1. The number of carbonyl (C=O) groups excluding carboxylic acids is 1. The van der Waals surface area contributed by atoms with E-state index in [9.17, 15) is 57.5 Å². The van der Waals surface area contributed by atoms with Crippen LogP contribution in [0.3, 0.4) is 0 Å². The second kappa shape index (κ2) is 7.39. The van der Waals surface area contributed by atoms with Gasteiger partial charge in [-0.2, -0.15) is 52.7 Å². The Labute approximate surface area is 148 Å². The molecule has 0 heterocycles. The lowest BCUT2D eigenvalue weighted by Crippen LogP contribution is -2.70. The quantitative estimate of drug-likeness (QED) is 0.260. The maximum atomic E-state index is 13.5. The van der Waals surface area contributed by atoms with Gasteiger partial charge in [-0.3, -0.25) is 4.79 Å². The Balaban J connectivity index is 6.05. The Morgan fingerprint density at radius 3 is 1.52 bits per heavy atom. The topological polar surface area (TPSA) is 26.3 Å². The van der Waals surface area contributed by atoms with Gasteiger partial charge in [-0.25, -0.2) is 0 Å². The zero-order valence-corrected chi connectivity index (χ0v) is 14.0. The summed E-state index contributed by atoms with van der Waals surface area (Å²) in [6.07, 6.45) is -2.53. The van der Waals surface area contributed by atoms with Crippen molar-refractivity contribution in [1.29, 1.82) is 0 Å². The number of hydrogen-bond acceptors (Lipinski definition) is 2. The summed E-state index contributed by atoms with van der Waals surface area (Å²) in [7, 11) is 0.